The Morgan fingerprint density at radius 2 is 2.32 bits per heavy atom. The molecule has 0 radical (unpaired) electrons. The van der Waals surface area contributed by atoms with E-state index in [0.29, 0.717) is 5.13 Å². The number of nitrogens with zero attached hydrogens (tertiary/aromatic N) is 1. The van der Waals surface area contributed by atoms with Crippen LogP contribution in [0.25, 0.3) is 0 Å². The summed E-state index contributed by atoms with van der Waals surface area (Å²) in [7, 11) is 1.33. The summed E-state index contributed by atoms with van der Waals surface area (Å²) in [6.45, 7) is 2.04. The average molecular weight is 323 g/mol. The van der Waals surface area contributed by atoms with Crippen molar-refractivity contribution >= 4 is 28.3 Å². The van der Waals surface area contributed by atoms with Crippen LogP contribution in [-0.2, 0) is 20.7 Å². The van der Waals surface area contributed by atoms with E-state index in [4.69, 9.17) is 4.42 Å². The van der Waals surface area contributed by atoms with Gasteiger partial charge in [0.15, 0.2) is 5.13 Å². The van der Waals surface area contributed by atoms with E-state index in [1.165, 1.54) is 18.4 Å². The standard InChI is InChI=1S/C14H17N3O4S/c1-9(11-4-3-5-21-11)15-8-12(18)17-14-16-7-10(22-14)6-13(19)20-2/h3-5,7,9,15H,6,8H2,1-2H3,(H,16,17,18)/t9-/m0/s1. The van der Waals surface area contributed by atoms with E-state index in [9.17, 15) is 9.59 Å². The van der Waals surface area contributed by atoms with Gasteiger partial charge in [0.05, 0.1) is 32.4 Å². The fourth-order valence-electron chi connectivity index (χ4n) is 1.71. The molecule has 118 valence electrons. The number of thiazole rings is 1. The van der Waals surface area contributed by atoms with E-state index in [2.05, 4.69) is 20.4 Å². The highest BCUT2D eigenvalue weighted by Gasteiger charge is 2.12. The Bertz CT molecular complexity index is 624. The first kappa shape index (κ1) is 16.2. The SMILES string of the molecule is COC(=O)Cc1cnc(NC(=O)CN[C@@H](C)c2ccco2)s1. The van der Waals surface area contributed by atoms with Crippen molar-refractivity contribution in [3.05, 3.63) is 35.2 Å². The molecule has 22 heavy (non-hydrogen) atoms. The van der Waals surface area contributed by atoms with E-state index in [-0.39, 0.29) is 30.9 Å². The number of methoxy groups -OCH3 is 1. The molecule has 2 aromatic heterocycles. The maximum Gasteiger partial charge on any atom is 0.310 e. The Balaban J connectivity index is 1.78. The number of esters is 1. The van der Waals surface area contributed by atoms with Crippen molar-refractivity contribution in [2.75, 3.05) is 19.0 Å². The molecule has 7 nitrogen and oxygen atoms in total. The molecule has 0 saturated carbocycles. The summed E-state index contributed by atoms with van der Waals surface area (Å²) in [4.78, 5) is 27.8. The molecule has 0 aliphatic carbocycles. The van der Waals surface area contributed by atoms with Gasteiger partial charge in [-0.3, -0.25) is 14.9 Å². The number of carbonyl (C=O) groups is 2. The molecule has 1 amide bonds. The van der Waals surface area contributed by atoms with Gasteiger partial charge < -0.3 is 14.5 Å². The third-order valence-corrected chi connectivity index (χ3v) is 3.80. The molecule has 0 aliphatic rings. The number of hydrogen-bond donors (Lipinski definition) is 2. The lowest BCUT2D eigenvalue weighted by Gasteiger charge is -2.10. The minimum atomic E-state index is -0.338. The second-order valence-electron chi connectivity index (χ2n) is 4.55. The lowest BCUT2D eigenvalue weighted by molar-refractivity contribution is -0.139. The minimum Gasteiger partial charge on any atom is -0.469 e. The van der Waals surface area contributed by atoms with Gasteiger partial charge in [0.25, 0.3) is 0 Å². The molecule has 0 fully saturated rings. The fraction of sp³-hybridized carbons (Fsp3) is 0.357. The number of furan rings is 1. The normalized spacial score (nSPS) is 11.9. The Morgan fingerprint density at radius 3 is 3.00 bits per heavy atom. The number of carbonyl (C=O) groups excluding carboxylic acids is 2. The largest absolute Gasteiger partial charge is 0.469 e. The van der Waals surface area contributed by atoms with Gasteiger partial charge in [0.2, 0.25) is 5.91 Å². The minimum absolute atomic E-state index is 0.0630. The number of aromatic nitrogens is 1. The Morgan fingerprint density at radius 1 is 1.50 bits per heavy atom. The van der Waals surface area contributed by atoms with E-state index in [0.717, 1.165) is 10.6 Å². The van der Waals surface area contributed by atoms with Crippen LogP contribution in [0.15, 0.2) is 29.0 Å². The molecule has 2 rings (SSSR count). The Labute approximate surface area is 131 Å². The van der Waals surface area contributed by atoms with E-state index < -0.39 is 0 Å². The fourth-order valence-corrected chi connectivity index (χ4v) is 2.52. The van der Waals surface area contributed by atoms with Crippen molar-refractivity contribution < 1.29 is 18.7 Å². The number of rotatable bonds is 7. The lowest BCUT2D eigenvalue weighted by atomic mass is 10.2. The first-order chi connectivity index (χ1) is 10.6. The highest BCUT2D eigenvalue weighted by atomic mass is 32.1. The predicted molar refractivity (Wildman–Crippen MR) is 81.6 cm³/mol. The molecule has 2 N–H and O–H groups in total. The Kier molecular flexibility index (Phi) is 5.68. The van der Waals surface area contributed by atoms with Crippen LogP contribution in [0.2, 0.25) is 0 Å². The molecule has 2 aromatic rings. The van der Waals surface area contributed by atoms with Gasteiger partial charge in [-0.25, -0.2) is 4.98 Å². The number of nitrogens with one attached hydrogen (secondary N) is 2. The van der Waals surface area contributed by atoms with Gasteiger partial charge in [0, 0.05) is 11.1 Å². The smallest absolute Gasteiger partial charge is 0.310 e. The molecule has 0 saturated heterocycles. The van der Waals surface area contributed by atoms with Crippen LogP contribution in [0.5, 0.6) is 0 Å². The van der Waals surface area contributed by atoms with Gasteiger partial charge in [-0.2, -0.15) is 0 Å². The molecule has 0 aromatic carbocycles. The molecule has 0 bridgehead atoms. The van der Waals surface area contributed by atoms with Crippen molar-refractivity contribution in [2.24, 2.45) is 0 Å². The quantitative estimate of drug-likeness (QED) is 0.754. The highest BCUT2D eigenvalue weighted by molar-refractivity contribution is 7.15. The summed E-state index contributed by atoms with van der Waals surface area (Å²) in [5.41, 5.74) is 0. The van der Waals surface area contributed by atoms with Crippen LogP contribution in [0.3, 0.4) is 0 Å². The maximum atomic E-state index is 11.8. The number of hydrogen-bond acceptors (Lipinski definition) is 7. The molecular formula is C14H17N3O4S. The molecule has 0 spiro atoms. The van der Waals surface area contributed by atoms with Crippen molar-refractivity contribution in [3.8, 4) is 0 Å². The van der Waals surface area contributed by atoms with Gasteiger partial charge in [0.1, 0.15) is 5.76 Å². The van der Waals surface area contributed by atoms with Crippen molar-refractivity contribution in [3.63, 3.8) is 0 Å². The topological polar surface area (TPSA) is 93.5 Å². The van der Waals surface area contributed by atoms with Gasteiger partial charge >= 0.3 is 5.97 Å². The summed E-state index contributed by atoms with van der Waals surface area (Å²) < 4.78 is 9.83. The molecule has 1 atom stereocenters. The first-order valence-electron chi connectivity index (χ1n) is 6.66. The van der Waals surface area contributed by atoms with Crippen LogP contribution in [0.4, 0.5) is 5.13 Å². The second-order valence-corrected chi connectivity index (χ2v) is 5.67. The predicted octanol–water partition coefficient (Wildman–Crippen LogP) is 1.74. The van der Waals surface area contributed by atoms with Gasteiger partial charge in [-0.1, -0.05) is 0 Å². The molecule has 2 heterocycles. The summed E-state index contributed by atoms with van der Waals surface area (Å²) in [5, 5.41) is 6.18. The number of anilines is 1. The zero-order chi connectivity index (χ0) is 15.9. The van der Waals surface area contributed by atoms with Gasteiger partial charge in [-0.05, 0) is 19.1 Å². The number of ether oxygens (including phenoxy) is 1. The van der Waals surface area contributed by atoms with Crippen molar-refractivity contribution in [1.29, 1.82) is 0 Å². The summed E-state index contributed by atoms with van der Waals surface area (Å²) >= 11 is 1.25. The summed E-state index contributed by atoms with van der Waals surface area (Å²) in [6, 6.07) is 3.58. The average Bonchev–Trinajstić information content (AvgIpc) is 3.16. The lowest BCUT2D eigenvalue weighted by Crippen LogP contribution is -2.29. The van der Waals surface area contributed by atoms with Gasteiger partial charge in [-0.15, -0.1) is 11.3 Å². The van der Waals surface area contributed by atoms with Crippen molar-refractivity contribution in [1.82, 2.24) is 10.3 Å². The molecular weight excluding hydrogens is 306 g/mol. The molecule has 8 heteroatoms. The van der Waals surface area contributed by atoms with Crippen LogP contribution in [0, 0.1) is 0 Å². The van der Waals surface area contributed by atoms with Crippen LogP contribution in [0.1, 0.15) is 23.6 Å². The van der Waals surface area contributed by atoms with E-state index in [1.807, 2.05) is 13.0 Å². The molecule has 0 aliphatic heterocycles. The molecule has 0 unspecified atom stereocenters. The van der Waals surface area contributed by atoms with Crippen LogP contribution in [-0.4, -0.2) is 30.5 Å². The highest BCUT2D eigenvalue weighted by Crippen LogP contribution is 2.18. The van der Waals surface area contributed by atoms with Crippen LogP contribution >= 0.6 is 11.3 Å². The second kappa shape index (κ2) is 7.71. The zero-order valence-electron chi connectivity index (χ0n) is 12.3. The monoisotopic (exact) mass is 323 g/mol. The summed E-state index contributed by atoms with van der Waals surface area (Å²) in [5.74, 6) is 0.218. The number of amides is 1. The Hall–Kier alpha value is -2.19. The van der Waals surface area contributed by atoms with E-state index >= 15 is 0 Å². The summed E-state index contributed by atoms with van der Waals surface area (Å²) in [6.07, 6.45) is 3.29. The first-order valence-corrected chi connectivity index (χ1v) is 7.48. The van der Waals surface area contributed by atoms with E-state index in [1.54, 1.807) is 18.5 Å². The van der Waals surface area contributed by atoms with Crippen LogP contribution < -0.4 is 10.6 Å². The third-order valence-electron chi connectivity index (χ3n) is 2.88. The zero-order valence-corrected chi connectivity index (χ0v) is 13.1. The third kappa shape index (κ3) is 4.68. The maximum absolute atomic E-state index is 11.8. The van der Waals surface area contributed by atoms with Crippen molar-refractivity contribution in [2.45, 2.75) is 19.4 Å².